The highest BCUT2D eigenvalue weighted by molar-refractivity contribution is 5.86. The van der Waals surface area contributed by atoms with Gasteiger partial charge in [-0.25, -0.2) is 9.97 Å². The molecule has 1 saturated heterocycles. The van der Waals surface area contributed by atoms with Crippen LogP contribution in [0.1, 0.15) is 18.4 Å². The molecule has 3 aromatic rings. The molecule has 0 bridgehead atoms. The number of benzene rings is 1. The predicted octanol–water partition coefficient (Wildman–Crippen LogP) is 2.18. The standard InChI is InChI=1S/C19H23N5O/c1-23-17-16(11-22-23)18(21-14-20-17)24-9-5-8-19(12-24,13-25)10-15-6-3-2-4-7-15/h2-4,6-7,11,14,25H,5,8-10,12-13H2,1H3. The normalized spacial score (nSPS) is 21.0. The van der Waals surface area contributed by atoms with Crippen molar-refractivity contribution in [2.45, 2.75) is 19.3 Å². The number of aliphatic hydroxyl groups excluding tert-OH is 1. The van der Waals surface area contributed by atoms with Crippen molar-refractivity contribution in [2.75, 3.05) is 24.6 Å². The van der Waals surface area contributed by atoms with Crippen molar-refractivity contribution in [1.29, 1.82) is 0 Å². The van der Waals surface area contributed by atoms with Crippen LogP contribution in [-0.4, -0.2) is 44.6 Å². The van der Waals surface area contributed by atoms with E-state index in [0.717, 1.165) is 49.2 Å². The first kappa shape index (κ1) is 16.0. The average molecular weight is 337 g/mol. The van der Waals surface area contributed by atoms with Gasteiger partial charge in [0.15, 0.2) is 5.65 Å². The summed E-state index contributed by atoms with van der Waals surface area (Å²) in [5, 5.41) is 15.5. The third-order valence-corrected chi connectivity index (χ3v) is 5.23. The van der Waals surface area contributed by atoms with E-state index in [1.807, 2.05) is 19.3 Å². The fourth-order valence-corrected chi connectivity index (χ4v) is 3.95. The highest BCUT2D eigenvalue weighted by Gasteiger charge is 2.36. The summed E-state index contributed by atoms with van der Waals surface area (Å²) in [5.41, 5.74) is 1.97. The number of aliphatic hydroxyl groups is 1. The molecule has 0 spiro atoms. The minimum absolute atomic E-state index is 0.140. The second kappa shape index (κ2) is 6.44. The van der Waals surface area contributed by atoms with Gasteiger partial charge in [-0.05, 0) is 24.8 Å². The van der Waals surface area contributed by atoms with Crippen LogP contribution in [0, 0.1) is 5.41 Å². The number of rotatable bonds is 4. The van der Waals surface area contributed by atoms with Crippen LogP contribution in [0.25, 0.3) is 11.0 Å². The molecule has 0 amide bonds. The Morgan fingerprint density at radius 3 is 2.84 bits per heavy atom. The van der Waals surface area contributed by atoms with Gasteiger partial charge in [0.05, 0.1) is 18.2 Å². The van der Waals surface area contributed by atoms with Gasteiger partial charge in [0.25, 0.3) is 0 Å². The second-order valence-electron chi connectivity index (χ2n) is 7.05. The van der Waals surface area contributed by atoms with Crippen molar-refractivity contribution in [2.24, 2.45) is 12.5 Å². The Bertz CT molecular complexity index is 863. The molecule has 1 unspecified atom stereocenters. The molecule has 1 aromatic carbocycles. The van der Waals surface area contributed by atoms with E-state index in [9.17, 15) is 5.11 Å². The molecule has 25 heavy (non-hydrogen) atoms. The lowest BCUT2D eigenvalue weighted by Crippen LogP contribution is -2.47. The monoisotopic (exact) mass is 337 g/mol. The molecule has 0 radical (unpaired) electrons. The molecule has 6 nitrogen and oxygen atoms in total. The lowest BCUT2D eigenvalue weighted by Gasteiger charge is -2.42. The molecule has 1 fully saturated rings. The first-order chi connectivity index (χ1) is 12.2. The van der Waals surface area contributed by atoms with Crippen LogP contribution >= 0.6 is 0 Å². The van der Waals surface area contributed by atoms with E-state index >= 15 is 0 Å². The summed E-state index contributed by atoms with van der Waals surface area (Å²) < 4.78 is 1.77. The lowest BCUT2D eigenvalue weighted by atomic mass is 9.75. The van der Waals surface area contributed by atoms with E-state index in [-0.39, 0.29) is 12.0 Å². The SMILES string of the molecule is Cn1ncc2c(N3CCCC(CO)(Cc4ccccc4)C3)ncnc21. The van der Waals surface area contributed by atoms with Crippen LogP contribution in [0.5, 0.6) is 0 Å². The van der Waals surface area contributed by atoms with Gasteiger partial charge >= 0.3 is 0 Å². The smallest absolute Gasteiger partial charge is 0.163 e. The number of hydrogen-bond acceptors (Lipinski definition) is 5. The van der Waals surface area contributed by atoms with Gasteiger partial charge in [0, 0.05) is 25.6 Å². The first-order valence-corrected chi connectivity index (χ1v) is 8.73. The van der Waals surface area contributed by atoms with Gasteiger partial charge in [-0.15, -0.1) is 0 Å². The highest BCUT2D eigenvalue weighted by atomic mass is 16.3. The van der Waals surface area contributed by atoms with Gasteiger partial charge in [-0.1, -0.05) is 30.3 Å². The zero-order valence-electron chi connectivity index (χ0n) is 14.5. The number of aryl methyl sites for hydroxylation is 1. The van der Waals surface area contributed by atoms with Crippen molar-refractivity contribution in [1.82, 2.24) is 19.7 Å². The van der Waals surface area contributed by atoms with Crippen LogP contribution in [0.15, 0.2) is 42.9 Å². The summed E-state index contributed by atoms with van der Waals surface area (Å²) in [6.45, 7) is 1.91. The minimum atomic E-state index is -0.140. The van der Waals surface area contributed by atoms with Crippen molar-refractivity contribution in [3.63, 3.8) is 0 Å². The molecule has 1 aliphatic heterocycles. The van der Waals surface area contributed by atoms with Crippen molar-refractivity contribution in [3.05, 3.63) is 48.4 Å². The molecule has 4 rings (SSSR count). The topological polar surface area (TPSA) is 67.1 Å². The predicted molar refractivity (Wildman–Crippen MR) is 97.4 cm³/mol. The van der Waals surface area contributed by atoms with E-state index in [2.05, 4.69) is 44.2 Å². The summed E-state index contributed by atoms with van der Waals surface area (Å²) in [6, 6.07) is 10.4. The van der Waals surface area contributed by atoms with Gasteiger partial charge in [0.2, 0.25) is 0 Å². The van der Waals surface area contributed by atoms with Crippen molar-refractivity contribution < 1.29 is 5.11 Å². The molecule has 1 atom stereocenters. The summed E-state index contributed by atoms with van der Waals surface area (Å²) in [7, 11) is 1.89. The van der Waals surface area contributed by atoms with Crippen LogP contribution in [0.3, 0.4) is 0 Å². The van der Waals surface area contributed by atoms with Crippen molar-refractivity contribution >= 4 is 16.9 Å². The zero-order chi connectivity index (χ0) is 17.3. The fraction of sp³-hybridized carbons (Fsp3) is 0.421. The largest absolute Gasteiger partial charge is 0.396 e. The molecule has 0 aliphatic carbocycles. The van der Waals surface area contributed by atoms with E-state index in [1.54, 1.807) is 11.0 Å². The number of piperidine rings is 1. The van der Waals surface area contributed by atoms with Crippen LogP contribution in [-0.2, 0) is 13.5 Å². The van der Waals surface area contributed by atoms with Gasteiger partial charge in [-0.2, -0.15) is 5.10 Å². The molecule has 3 heterocycles. The molecule has 1 N–H and O–H groups in total. The Kier molecular flexibility index (Phi) is 4.13. The molecular formula is C19H23N5O. The molecule has 6 heteroatoms. The van der Waals surface area contributed by atoms with Gasteiger partial charge in [-0.3, -0.25) is 4.68 Å². The number of anilines is 1. The molecular weight excluding hydrogens is 314 g/mol. The van der Waals surface area contributed by atoms with E-state index in [0.29, 0.717) is 0 Å². The Morgan fingerprint density at radius 1 is 1.20 bits per heavy atom. The first-order valence-electron chi connectivity index (χ1n) is 8.73. The maximum atomic E-state index is 10.2. The zero-order valence-corrected chi connectivity index (χ0v) is 14.5. The number of aromatic nitrogens is 4. The maximum absolute atomic E-state index is 10.2. The molecule has 2 aromatic heterocycles. The second-order valence-corrected chi connectivity index (χ2v) is 7.05. The van der Waals surface area contributed by atoms with Crippen LogP contribution < -0.4 is 4.90 Å². The Morgan fingerprint density at radius 2 is 2.04 bits per heavy atom. The third kappa shape index (κ3) is 2.98. The molecule has 130 valence electrons. The third-order valence-electron chi connectivity index (χ3n) is 5.23. The number of nitrogens with zero attached hydrogens (tertiary/aromatic N) is 5. The van der Waals surface area contributed by atoms with Crippen molar-refractivity contribution in [3.8, 4) is 0 Å². The fourth-order valence-electron chi connectivity index (χ4n) is 3.95. The highest BCUT2D eigenvalue weighted by Crippen LogP contribution is 2.36. The van der Waals surface area contributed by atoms with Crippen LogP contribution in [0.2, 0.25) is 0 Å². The Hall–Kier alpha value is -2.47. The van der Waals surface area contributed by atoms with Crippen LogP contribution in [0.4, 0.5) is 5.82 Å². The summed E-state index contributed by atoms with van der Waals surface area (Å²) in [5.74, 6) is 0.920. The Labute approximate surface area is 147 Å². The van der Waals surface area contributed by atoms with Gasteiger partial charge in [0.1, 0.15) is 12.1 Å². The van der Waals surface area contributed by atoms with Gasteiger partial charge < -0.3 is 10.0 Å². The summed E-state index contributed by atoms with van der Waals surface area (Å²) in [6.07, 6.45) is 6.38. The average Bonchev–Trinajstić information content (AvgIpc) is 3.04. The minimum Gasteiger partial charge on any atom is -0.396 e. The molecule has 1 aliphatic rings. The van der Waals surface area contributed by atoms with E-state index in [4.69, 9.17) is 0 Å². The number of fused-ring (bicyclic) bond motifs is 1. The lowest BCUT2D eigenvalue weighted by molar-refractivity contribution is 0.105. The van der Waals surface area contributed by atoms with E-state index < -0.39 is 0 Å². The summed E-state index contributed by atoms with van der Waals surface area (Å²) in [4.78, 5) is 11.2. The summed E-state index contributed by atoms with van der Waals surface area (Å²) >= 11 is 0. The quantitative estimate of drug-likeness (QED) is 0.790. The number of hydrogen-bond donors (Lipinski definition) is 1. The van der Waals surface area contributed by atoms with E-state index in [1.165, 1.54) is 5.56 Å². The Balaban J connectivity index is 1.65. The molecule has 0 saturated carbocycles. The maximum Gasteiger partial charge on any atom is 0.163 e.